The van der Waals surface area contributed by atoms with Crippen LogP contribution in [0.2, 0.25) is 0 Å². The maximum absolute atomic E-state index is 12.0. The molecule has 0 aromatic heterocycles. The largest absolute Gasteiger partial charge is 0.508 e. The van der Waals surface area contributed by atoms with Gasteiger partial charge in [-0.3, -0.25) is 9.79 Å². The monoisotopic (exact) mass is 405 g/mol. The summed E-state index contributed by atoms with van der Waals surface area (Å²) in [5, 5.41) is 19.0. The molecule has 0 aliphatic rings. The van der Waals surface area contributed by atoms with E-state index >= 15 is 0 Å². The van der Waals surface area contributed by atoms with E-state index in [4.69, 9.17) is 0 Å². The highest BCUT2D eigenvalue weighted by molar-refractivity contribution is 5.94. The molecule has 0 fully saturated rings. The molecule has 7 nitrogen and oxygen atoms in total. The van der Waals surface area contributed by atoms with Crippen molar-refractivity contribution in [1.29, 1.82) is 0 Å². The van der Waals surface area contributed by atoms with Crippen LogP contribution in [-0.4, -0.2) is 67.2 Å². The number of hydrogen-bond acceptors (Lipinski definition) is 4. The quantitative estimate of drug-likeness (QED) is 0.230. The van der Waals surface area contributed by atoms with Crippen LogP contribution in [0.15, 0.2) is 29.3 Å². The van der Waals surface area contributed by atoms with Gasteiger partial charge in [-0.15, -0.1) is 0 Å². The van der Waals surface area contributed by atoms with E-state index in [-0.39, 0.29) is 11.7 Å². The van der Waals surface area contributed by atoms with Crippen molar-refractivity contribution >= 4 is 11.9 Å². The summed E-state index contributed by atoms with van der Waals surface area (Å²) >= 11 is 0. The van der Waals surface area contributed by atoms with E-state index < -0.39 is 0 Å². The fraction of sp³-hybridized carbons (Fsp3) is 0.636. The van der Waals surface area contributed by atoms with Crippen molar-refractivity contribution in [2.24, 2.45) is 4.99 Å². The second-order valence-electron chi connectivity index (χ2n) is 7.13. The molecule has 1 aromatic rings. The number of nitrogens with zero attached hydrogens (tertiary/aromatic N) is 2. The molecule has 0 heterocycles. The lowest BCUT2D eigenvalue weighted by molar-refractivity contribution is 0.0953. The molecule has 0 saturated carbocycles. The number of nitrogens with one attached hydrogen (secondary N) is 3. The van der Waals surface area contributed by atoms with Gasteiger partial charge < -0.3 is 26.0 Å². The molecular weight excluding hydrogens is 366 g/mol. The molecule has 1 unspecified atom stereocenters. The second kappa shape index (κ2) is 14.7. The lowest BCUT2D eigenvalue weighted by atomic mass is 10.2. The highest BCUT2D eigenvalue weighted by Crippen LogP contribution is 2.10. The maximum atomic E-state index is 12.0. The van der Waals surface area contributed by atoms with Gasteiger partial charge in [-0.1, -0.05) is 19.9 Å². The van der Waals surface area contributed by atoms with E-state index in [1.54, 1.807) is 18.2 Å². The molecular formula is C22H39N5O2. The zero-order valence-corrected chi connectivity index (χ0v) is 18.5. The van der Waals surface area contributed by atoms with Crippen molar-refractivity contribution in [1.82, 2.24) is 20.9 Å². The molecule has 1 aromatic carbocycles. The Morgan fingerprint density at radius 3 is 2.59 bits per heavy atom. The zero-order chi connectivity index (χ0) is 21.5. The summed E-state index contributed by atoms with van der Waals surface area (Å²) in [7, 11) is 0. The van der Waals surface area contributed by atoms with Crippen LogP contribution in [0.3, 0.4) is 0 Å². The molecule has 0 saturated heterocycles. The van der Waals surface area contributed by atoms with Gasteiger partial charge in [0.1, 0.15) is 5.75 Å². The number of hydrogen-bond donors (Lipinski definition) is 4. The van der Waals surface area contributed by atoms with Gasteiger partial charge in [0.25, 0.3) is 5.91 Å². The predicted molar refractivity (Wildman–Crippen MR) is 121 cm³/mol. The summed E-state index contributed by atoms with van der Waals surface area (Å²) < 4.78 is 0. The highest BCUT2D eigenvalue weighted by atomic mass is 16.3. The molecule has 4 N–H and O–H groups in total. The van der Waals surface area contributed by atoms with Crippen LogP contribution in [-0.2, 0) is 0 Å². The van der Waals surface area contributed by atoms with E-state index in [1.807, 2.05) is 0 Å². The van der Waals surface area contributed by atoms with E-state index in [0.29, 0.717) is 24.7 Å². The first-order chi connectivity index (χ1) is 14.0. The maximum Gasteiger partial charge on any atom is 0.251 e. The first-order valence-electron chi connectivity index (χ1n) is 10.8. The molecule has 29 heavy (non-hydrogen) atoms. The smallest absolute Gasteiger partial charge is 0.251 e. The molecule has 1 rings (SSSR count). The third-order valence-electron chi connectivity index (χ3n) is 4.73. The van der Waals surface area contributed by atoms with Crippen molar-refractivity contribution < 1.29 is 9.90 Å². The minimum absolute atomic E-state index is 0.0924. The molecule has 1 amide bonds. The number of guanidine groups is 1. The summed E-state index contributed by atoms with van der Waals surface area (Å²) in [5.74, 6) is 0.730. The number of aliphatic imine (C=N–C) groups is 1. The summed E-state index contributed by atoms with van der Waals surface area (Å²) in [6, 6.07) is 6.70. The number of phenols is 1. The third kappa shape index (κ3) is 10.7. The molecule has 7 heteroatoms. The lowest BCUT2D eigenvalue weighted by Crippen LogP contribution is -2.42. The van der Waals surface area contributed by atoms with Crippen molar-refractivity contribution in [3.8, 4) is 5.75 Å². The number of benzene rings is 1. The van der Waals surface area contributed by atoms with Crippen LogP contribution in [0.1, 0.15) is 57.3 Å². The fourth-order valence-electron chi connectivity index (χ4n) is 3.01. The van der Waals surface area contributed by atoms with Crippen LogP contribution in [0.5, 0.6) is 5.75 Å². The van der Waals surface area contributed by atoms with Gasteiger partial charge in [-0.05, 0) is 70.9 Å². The van der Waals surface area contributed by atoms with Gasteiger partial charge in [0, 0.05) is 31.2 Å². The molecule has 0 radical (unpaired) electrons. The number of carbonyl (C=O) groups excluding carboxylic acids is 1. The standard InChI is InChI=1S/C22H39N5O2/c1-5-23-22(26-18(4)11-9-16-27(6-2)7-3)25-15-10-14-24-21(29)19-12-8-13-20(28)17-19/h8,12-13,17-18,28H,5-7,9-11,14-16H2,1-4H3,(H,24,29)(H2,23,25,26). The Bertz CT molecular complexity index is 617. The molecule has 0 spiro atoms. The Hall–Kier alpha value is -2.28. The van der Waals surface area contributed by atoms with Gasteiger partial charge in [0.2, 0.25) is 0 Å². The second-order valence-corrected chi connectivity index (χ2v) is 7.13. The number of rotatable bonds is 13. The Morgan fingerprint density at radius 1 is 1.17 bits per heavy atom. The van der Waals surface area contributed by atoms with Gasteiger partial charge in [0.05, 0.1) is 0 Å². The number of aromatic hydroxyl groups is 1. The highest BCUT2D eigenvalue weighted by Gasteiger charge is 2.07. The SMILES string of the molecule is CCNC(=NCCCNC(=O)c1cccc(O)c1)NC(C)CCCN(CC)CC. The van der Waals surface area contributed by atoms with E-state index in [9.17, 15) is 9.90 Å². The predicted octanol–water partition coefficient (Wildman–Crippen LogP) is 2.58. The van der Waals surface area contributed by atoms with Crippen LogP contribution >= 0.6 is 0 Å². The first kappa shape index (κ1) is 24.8. The zero-order valence-electron chi connectivity index (χ0n) is 18.5. The summed E-state index contributed by atoms with van der Waals surface area (Å²) in [6.07, 6.45) is 3.01. The Kier molecular flexibility index (Phi) is 12.5. The lowest BCUT2D eigenvalue weighted by Gasteiger charge is -2.21. The van der Waals surface area contributed by atoms with Gasteiger partial charge in [0.15, 0.2) is 5.96 Å². The van der Waals surface area contributed by atoms with Crippen LogP contribution in [0, 0.1) is 0 Å². The summed E-state index contributed by atoms with van der Waals surface area (Å²) in [6.45, 7) is 14.0. The van der Waals surface area contributed by atoms with Crippen molar-refractivity contribution in [3.63, 3.8) is 0 Å². The van der Waals surface area contributed by atoms with Crippen LogP contribution in [0.25, 0.3) is 0 Å². The summed E-state index contributed by atoms with van der Waals surface area (Å²) in [4.78, 5) is 19.1. The van der Waals surface area contributed by atoms with Crippen molar-refractivity contribution in [2.75, 3.05) is 39.3 Å². The van der Waals surface area contributed by atoms with Gasteiger partial charge in [-0.2, -0.15) is 0 Å². The van der Waals surface area contributed by atoms with E-state index in [1.165, 1.54) is 6.07 Å². The Labute approximate surface area is 176 Å². The minimum Gasteiger partial charge on any atom is -0.508 e. The topological polar surface area (TPSA) is 89.0 Å². The fourth-order valence-corrected chi connectivity index (χ4v) is 3.01. The molecule has 0 aliphatic heterocycles. The molecule has 1 atom stereocenters. The normalized spacial score (nSPS) is 12.7. The van der Waals surface area contributed by atoms with Gasteiger partial charge >= 0.3 is 0 Å². The average molecular weight is 406 g/mol. The first-order valence-corrected chi connectivity index (χ1v) is 10.8. The van der Waals surface area contributed by atoms with E-state index in [0.717, 1.165) is 51.4 Å². The molecule has 164 valence electrons. The van der Waals surface area contributed by atoms with Crippen molar-refractivity contribution in [2.45, 2.75) is 53.0 Å². The summed E-state index contributed by atoms with van der Waals surface area (Å²) in [5.41, 5.74) is 0.460. The third-order valence-corrected chi connectivity index (χ3v) is 4.73. The van der Waals surface area contributed by atoms with Crippen LogP contribution in [0.4, 0.5) is 0 Å². The Balaban J connectivity index is 2.32. The Morgan fingerprint density at radius 2 is 1.93 bits per heavy atom. The number of carbonyl (C=O) groups is 1. The number of amides is 1. The number of phenolic OH excluding ortho intramolecular Hbond substituents is 1. The van der Waals surface area contributed by atoms with E-state index in [2.05, 4.69) is 53.5 Å². The van der Waals surface area contributed by atoms with Crippen molar-refractivity contribution in [3.05, 3.63) is 29.8 Å². The average Bonchev–Trinajstić information content (AvgIpc) is 2.71. The van der Waals surface area contributed by atoms with Gasteiger partial charge in [-0.25, -0.2) is 0 Å². The molecule has 0 bridgehead atoms. The molecule has 0 aliphatic carbocycles. The van der Waals surface area contributed by atoms with Crippen LogP contribution < -0.4 is 16.0 Å². The minimum atomic E-state index is -0.184.